The maximum atomic E-state index is 11.0. The van der Waals surface area contributed by atoms with Crippen LogP contribution in [-0.2, 0) is 10.8 Å². The average molecular weight is 364 g/mol. The number of benzene rings is 1. The van der Waals surface area contributed by atoms with Crippen LogP contribution in [0.15, 0.2) is 30.5 Å². The van der Waals surface area contributed by atoms with Crippen molar-refractivity contribution >= 4 is 17.6 Å². The summed E-state index contributed by atoms with van der Waals surface area (Å²) < 4.78 is 0. The van der Waals surface area contributed by atoms with Crippen LogP contribution in [0.25, 0.3) is 11.6 Å². The molecule has 3 heteroatoms. The minimum absolute atomic E-state index is 0.177. The van der Waals surface area contributed by atoms with Crippen molar-refractivity contribution in [1.29, 1.82) is 0 Å². The number of fused-ring (bicyclic) bond motifs is 1. The molecule has 0 spiro atoms. The van der Waals surface area contributed by atoms with Gasteiger partial charge in [0.25, 0.3) is 0 Å². The quantitative estimate of drug-likeness (QED) is 0.728. The molecule has 1 N–H and O–H groups in total. The van der Waals surface area contributed by atoms with E-state index in [1.54, 1.807) is 12.1 Å². The molecule has 1 aliphatic carbocycles. The number of pyridine rings is 1. The van der Waals surface area contributed by atoms with Gasteiger partial charge in [0.05, 0.1) is 11.3 Å². The first-order valence-corrected chi connectivity index (χ1v) is 9.55. The van der Waals surface area contributed by atoms with Gasteiger partial charge in [0.15, 0.2) is 0 Å². The summed E-state index contributed by atoms with van der Waals surface area (Å²) in [5, 5.41) is 9.04. The smallest absolute Gasteiger partial charge is 0.337 e. The first-order valence-electron chi connectivity index (χ1n) is 9.55. The third-order valence-corrected chi connectivity index (χ3v) is 6.03. The summed E-state index contributed by atoms with van der Waals surface area (Å²) in [6.45, 7) is 13.5. The first-order chi connectivity index (χ1) is 12.5. The number of rotatable bonds is 3. The molecule has 1 aromatic carbocycles. The van der Waals surface area contributed by atoms with E-state index in [0.29, 0.717) is 0 Å². The molecule has 0 aliphatic heterocycles. The fraction of sp³-hybridized carbons (Fsp3) is 0.417. The highest BCUT2D eigenvalue weighted by atomic mass is 16.4. The Balaban J connectivity index is 2.05. The van der Waals surface area contributed by atoms with Crippen LogP contribution in [-0.4, -0.2) is 16.1 Å². The molecule has 27 heavy (non-hydrogen) atoms. The maximum absolute atomic E-state index is 11.0. The summed E-state index contributed by atoms with van der Waals surface area (Å²) in [4.78, 5) is 15.3. The Morgan fingerprint density at radius 3 is 2.19 bits per heavy atom. The summed E-state index contributed by atoms with van der Waals surface area (Å²) in [7, 11) is 0. The van der Waals surface area contributed by atoms with E-state index in [1.807, 2.05) is 6.92 Å². The molecule has 0 amide bonds. The number of aromatic carboxylic acids is 1. The van der Waals surface area contributed by atoms with Gasteiger partial charge in [0, 0.05) is 6.20 Å². The molecule has 0 radical (unpaired) electrons. The average Bonchev–Trinajstić information content (AvgIpc) is 2.60. The van der Waals surface area contributed by atoms with E-state index >= 15 is 0 Å². The molecule has 2 aromatic rings. The van der Waals surface area contributed by atoms with Crippen molar-refractivity contribution in [2.45, 2.75) is 65.2 Å². The number of allylic oxidation sites excluding steroid dienone is 1. The van der Waals surface area contributed by atoms with Gasteiger partial charge in [-0.3, -0.25) is 4.98 Å². The SMILES string of the molecule is CC(=Cc1cc2c(cc1C)C(C)(C)CCC2(C)C)c1ccc(C(=O)O)cn1. The highest BCUT2D eigenvalue weighted by Crippen LogP contribution is 2.46. The molecule has 0 fully saturated rings. The molecule has 3 nitrogen and oxygen atoms in total. The van der Waals surface area contributed by atoms with Crippen LogP contribution in [0.3, 0.4) is 0 Å². The Morgan fingerprint density at radius 1 is 1.07 bits per heavy atom. The number of aryl methyl sites for hydroxylation is 1. The number of hydrogen-bond donors (Lipinski definition) is 1. The zero-order valence-electron chi connectivity index (χ0n) is 17.2. The molecule has 1 aromatic heterocycles. The fourth-order valence-electron chi connectivity index (χ4n) is 3.96. The zero-order chi connectivity index (χ0) is 20.0. The number of carbonyl (C=O) groups is 1. The predicted octanol–water partition coefficient (Wildman–Crippen LogP) is 6.00. The highest BCUT2D eigenvalue weighted by molar-refractivity contribution is 5.88. The molecule has 0 bridgehead atoms. The second kappa shape index (κ2) is 6.63. The summed E-state index contributed by atoms with van der Waals surface area (Å²) in [5.74, 6) is -0.953. The van der Waals surface area contributed by atoms with Crippen molar-refractivity contribution in [3.8, 4) is 0 Å². The lowest BCUT2D eigenvalue weighted by Crippen LogP contribution is -2.34. The van der Waals surface area contributed by atoms with Gasteiger partial charge in [-0.15, -0.1) is 0 Å². The van der Waals surface area contributed by atoms with E-state index in [9.17, 15) is 4.79 Å². The summed E-state index contributed by atoms with van der Waals surface area (Å²) in [5.41, 5.74) is 7.81. The van der Waals surface area contributed by atoms with Gasteiger partial charge in [-0.1, -0.05) is 39.8 Å². The summed E-state index contributed by atoms with van der Waals surface area (Å²) in [6.07, 6.45) is 5.98. The van der Waals surface area contributed by atoms with Crippen molar-refractivity contribution in [2.24, 2.45) is 0 Å². The maximum Gasteiger partial charge on any atom is 0.337 e. The standard InChI is InChI=1S/C24H29NO2/c1-15-12-19-20(24(5,6)10-9-23(19,3)4)13-18(15)11-16(2)21-8-7-17(14-25-21)22(26)27/h7-8,11-14H,9-10H2,1-6H3,(H,26,27). The fourth-order valence-corrected chi connectivity index (χ4v) is 3.96. The molecule has 1 aliphatic rings. The Kier molecular flexibility index (Phi) is 4.75. The van der Waals surface area contributed by atoms with Crippen molar-refractivity contribution < 1.29 is 9.90 Å². The molecular formula is C24H29NO2. The molecule has 0 atom stereocenters. The summed E-state index contributed by atoms with van der Waals surface area (Å²) in [6, 6.07) is 8.08. The molecular weight excluding hydrogens is 334 g/mol. The number of carboxylic acids is 1. The monoisotopic (exact) mass is 363 g/mol. The Hall–Kier alpha value is -2.42. The largest absolute Gasteiger partial charge is 0.478 e. The first kappa shape index (κ1) is 19.3. The minimum Gasteiger partial charge on any atom is -0.478 e. The number of aromatic nitrogens is 1. The lowest BCUT2D eigenvalue weighted by atomic mass is 9.62. The Bertz CT molecular complexity index is 918. The van der Waals surface area contributed by atoms with Gasteiger partial charge >= 0.3 is 5.97 Å². The van der Waals surface area contributed by atoms with Gasteiger partial charge in [0.2, 0.25) is 0 Å². The molecule has 3 rings (SSSR count). The van der Waals surface area contributed by atoms with Crippen LogP contribution < -0.4 is 0 Å². The van der Waals surface area contributed by atoms with Crippen molar-refractivity contribution in [2.75, 3.05) is 0 Å². The third-order valence-electron chi connectivity index (χ3n) is 6.03. The van der Waals surface area contributed by atoms with Crippen LogP contribution in [0.4, 0.5) is 0 Å². The van der Waals surface area contributed by atoms with E-state index in [0.717, 1.165) is 11.3 Å². The lowest BCUT2D eigenvalue weighted by Gasteiger charge is -2.42. The molecule has 0 unspecified atom stereocenters. The van der Waals surface area contributed by atoms with Crippen molar-refractivity contribution in [1.82, 2.24) is 4.98 Å². The van der Waals surface area contributed by atoms with E-state index in [2.05, 4.69) is 57.8 Å². The van der Waals surface area contributed by atoms with Crippen LogP contribution in [0.1, 0.15) is 85.8 Å². The Morgan fingerprint density at radius 2 is 1.67 bits per heavy atom. The van der Waals surface area contributed by atoms with Crippen LogP contribution in [0.5, 0.6) is 0 Å². The molecule has 0 saturated heterocycles. The van der Waals surface area contributed by atoms with E-state index in [4.69, 9.17) is 5.11 Å². The van der Waals surface area contributed by atoms with Crippen LogP contribution in [0, 0.1) is 6.92 Å². The molecule has 142 valence electrons. The van der Waals surface area contributed by atoms with Gasteiger partial charge in [-0.05, 0) is 83.6 Å². The minimum atomic E-state index is -0.953. The zero-order valence-corrected chi connectivity index (χ0v) is 17.2. The number of hydrogen-bond acceptors (Lipinski definition) is 2. The Labute approximate surface area is 162 Å². The van der Waals surface area contributed by atoms with E-state index < -0.39 is 5.97 Å². The van der Waals surface area contributed by atoms with Crippen molar-refractivity contribution in [3.63, 3.8) is 0 Å². The van der Waals surface area contributed by atoms with Gasteiger partial charge in [-0.25, -0.2) is 4.79 Å². The second-order valence-corrected chi connectivity index (χ2v) is 9.09. The number of nitrogens with zero attached hydrogens (tertiary/aromatic N) is 1. The van der Waals surface area contributed by atoms with Gasteiger partial charge < -0.3 is 5.11 Å². The highest BCUT2D eigenvalue weighted by Gasteiger charge is 2.37. The lowest BCUT2D eigenvalue weighted by molar-refractivity contribution is 0.0696. The number of carboxylic acid groups (broad SMARTS) is 1. The predicted molar refractivity (Wildman–Crippen MR) is 111 cm³/mol. The molecule has 0 saturated carbocycles. The van der Waals surface area contributed by atoms with E-state index in [-0.39, 0.29) is 16.4 Å². The second-order valence-electron chi connectivity index (χ2n) is 9.09. The van der Waals surface area contributed by atoms with Crippen molar-refractivity contribution in [3.05, 3.63) is 64.0 Å². The van der Waals surface area contributed by atoms with Crippen LogP contribution in [0.2, 0.25) is 0 Å². The van der Waals surface area contributed by atoms with Gasteiger partial charge in [-0.2, -0.15) is 0 Å². The normalized spacial score (nSPS) is 18.1. The van der Waals surface area contributed by atoms with Crippen LogP contribution >= 0.6 is 0 Å². The summed E-state index contributed by atoms with van der Waals surface area (Å²) >= 11 is 0. The van der Waals surface area contributed by atoms with Gasteiger partial charge in [0.1, 0.15) is 0 Å². The third kappa shape index (κ3) is 3.69. The molecule has 1 heterocycles. The van der Waals surface area contributed by atoms with E-state index in [1.165, 1.54) is 41.3 Å². The topological polar surface area (TPSA) is 50.2 Å².